The number of ether oxygens (including phenoxy) is 1. The van der Waals surface area contributed by atoms with Gasteiger partial charge >= 0.3 is 0 Å². The van der Waals surface area contributed by atoms with E-state index in [4.69, 9.17) is 27.9 Å². The molecule has 0 spiro atoms. The molecule has 1 fully saturated rings. The highest BCUT2D eigenvalue weighted by Gasteiger charge is 2.40. The van der Waals surface area contributed by atoms with Crippen LogP contribution in [0.1, 0.15) is 50.8 Å². The molecule has 2 aromatic carbocycles. The van der Waals surface area contributed by atoms with Crippen LogP contribution in [0.15, 0.2) is 41.3 Å². The highest BCUT2D eigenvalue weighted by molar-refractivity contribution is 7.89. The molecule has 2 heterocycles. The lowest BCUT2D eigenvalue weighted by atomic mass is 9.97. The van der Waals surface area contributed by atoms with Gasteiger partial charge in [0.25, 0.3) is 0 Å². The molecule has 9 nitrogen and oxygen atoms in total. The SMILES string of the molecule is CC(C)(C)NCc1cc2c(cc1Cl)C(NC(=O)CC1C(=O)NCCN1S(=O)(=O)c1ccc(Cl)cc1)CCO2. The number of nitrogens with zero attached hydrogens (tertiary/aromatic N) is 1. The van der Waals surface area contributed by atoms with E-state index in [9.17, 15) is 18.0 Å². The van der Waals surface area contributed by atoms with Crippen LogP contribution in [0, 0.1) is 0 Å². The number of rotatable bonds is 7. The van der Waals surface area contributed by atoms with E-state index in [1.165, 1.54) is 24.3 Å². The van der Waals surface area contributed by atoms with Crippen LogP contribution in [0.4, 0.5) is 0 Å². The van der Waals surface area contributed by atoms with Crippen molar-refractivity contribution in [3.63, 3.8) is 0 Å². The fraction of sp³-hybridized carbons (Fsp3) is 0.462. The highest BCUT2D eigenvalue weighted by atomic mass is 35.5. The lowest BCUT2D eigenvalue weighted by Gasteiger charge is -2.34. The summed E-state index contributed by atoms with van der Waals surface area (Å²) in [4.78, 5) is 25.9. The number of nitrogens with one attached hydrogen (secondary N) is 3. The number of carbonyl (C=O) groups is 2. The summed E-state index contributed by atoms with van der Waals surface area (Å²) < 4.78 is 33.5. The average Bonchev–Trinajstić information content (AvgIpc) is 2.84. The molecule has 0 bridgehead atoms. The van der Waals surface area contributed by atoms with Crippen molar-refractivity contribution in [1.29, 1.82) is 0 Å². The number of hydrogen-bond donors (Lipinski definition) is 3. The zero-order valence-electron chi connectivity index (χ0n) is 21.5. The molecule has 2 amide bonds. The third-order valence-electron chi connectivity index (χ3n) is 6.44. The molecule has 0 aliphatic carbocycles. The minimum Gasteiger partial charge on any atom is -0.493 e. The number of piperazine rings is 1. The van der Waals surface area contributed by atoms with E-state index in [2.05, 4.69) is 36.7 Å². The molecule has 3 N–H and O–H groups in total. The van der Waals surface area contributed by atoms with E-state index in [0.29, 0.717) is 35.4 Å². The van der Waals surface area contributed by atoms with Crippen molar-refractivity contribution in [3.8, 4) is 5.75 Å². The van der Waals surface area contributed by atoms with Crippen molar-refractivity contribution in [2.75, 3.05) is 19.7 Å². The van der Waals surface area contributed by atoms with E-state index in [1.54, 1.807) is 6.07 Å². The van der Waals surface area contributed by atoms with Crippen LogP contribution in [-0.2, 0) is 26.2 Å². The fourth-order valence-electron chi connectivity index (χ4n) is 4.44. The third-order valence-corrected chi connectivity index (χ3v) is 8.97. The fourth-order valence-corrected chi connectivity index (χ4v) is 6.40. The normalized spacial score (nSPS) is 20.3. The molecule has 1 saturated heterocycles. The van der Waals surface area contributed by atoms with E-state index < -0.39 is 27.9 Å². The van der Waals surface area contributed by atoms with Gasteiger partial charge in [0, 0.05) is 47.2 Å². The van der Waals surface area contributed by atoms with Gasteiger partial charge in [0.05, 0.1) is 24.0 Å². The maximum absolute atomic E-state index is 13.3. The summed E-state index contributed by atoms with van der Waals surface area (Å²) in [6.45, 7) is 7.36. The molecule has 2 aliphatic heterocycles. The first-order valence-electron chi connectivity index (χ1n) is 12.4. The molecule has 38 heavy (non-hydrogen) atoms. The molecule has 0 saturated carbocycles. The zero-order valence-corrected chi connectivity index (χ0v) is 23.8. The summed E-state index contributed by atoms with van der Waals surface area (Å²) in [5.41, 5.74) is 1.54. The minimum atomic E-state index is -4.02. The van der Waals surface area contributed by atoms with Gasteiger partial charge in [-0.2, -0.15) is 4.31 Å². The molecule has 2 aromatic rings. The number of halogens is 2. The first kappa shape index (κ1) is 28.6. The van der Waals surface area contributed by atoms with Crippen LogP contribution in [0.25, 0.3) is 0 Å². The molecular weight excluding hydrogens is 551 g/mol. The standard InChI is InChI=1S/C26H32Cl2N4O5S/c1-26(2,3)30-15-16-12-23-19(13-20(16)28)21(8-11-37-23)31-24(33)14-22-25(34)29-9-10-32(22)38(35,36)18-6-4-17(27)5-7-18/h4-7,12-13,21-22,30H,8-11,14-15H2,1-3H3,(H,29,34)(H,31,33). The van der Waals surface area contributed by atoms with Gasteiger partial charge in [-0.1, -0.05) is 23.2 Å². The van der Waals surface area contributed by atoms with Crippen LogP contribution in [0.2, 0.25) is 10.0 Å². The Kier molecular flexibility index (Phi) is 8.59. The lowest BCUT2D eigenvalue weighted by molar-refractivity contribution is -0.132. The lowest BCUT2D eigenvalue weighted by Crippen LogP contribution is -2.58. The molecule has 206 valence electrons. The van der Waals surface area contributed by atoms with Crippen LogP contribution in [-0.4, -0.2) is 55.8 Å². The van der Waals surface area contributed by atoms with Gasteiger partial charge in [0.2, 0.25) is 21.8 Å². The molecular formula is C26H32Cl2N4O5S. The molecule has 2 aliphatic rings. The van der Waals surface area contributed by atoms with Crippen molar-refractivity contribution < 1.29 is 22.7 Å². The van der Waals surface area contributed by atoms with Crippen LogP contribution >= 0.6 is 23.2 Å². The monoisotopic (exact) mass is 582 g/mol. The number of carbonyl (C=O) groups excluding carboxylic acids is 2. The van der Waals surface area contributed by atoms with Gasteiger partial charge in [-0.3, -0.25) is 9.59 Å². The minimum absolute atomic E-state index is 0.00626. The first-order chi connectivity index (χ1) is 17.8. The third kappa shape index (κ3) is 6.60. The summed E-state index contributed by atoms with van der Waals surface area (Å²) in [5, 5.41) is 9.97. The van der Waals surface area contributed by atoms with E-state index in [-0.39, 0.29) is 36.0 Å². The molecule has 2 unspecified atom stereocenters. The van der Waals surface area contributed by atoms with Gasteiger partial charge < -0.3 is 20.7 Å². The van der Waals surface area contributed by atoms with Gasteiger partial charge in [-0.05, 0) is 62.7 Å². The van der Waals surface area contributed by atoms with Crippen molar-refractivity contribution in [1.82, 2.24) is 20.3 Å². The Hall–Kier alpha value is -2.37. The molecule has 0 radical (unpaired) electrons. The highest BCUT2D eigenvalue weighted by Crippen LogP contribution is 2.36. The molecule has 0 aromatic heterocycles. The summed E-state index contributed by atoms with van der Waals surface area (Å²) in [6, 6.07) is 7.82. The zero-order chi connectivity index (χ0) is 27.7. The number of amides is 2. The Balaban J connectivity index is 1.50. The molecule has 4 rings (SSSR count). The van der Waals surface area contributed by atoms with Crippen LogP contribution in [0.5, 0.6) is 5.75 Å². The van der Waals surface area contributed by atoms with Crippen LogP contribution in [0.3, 0.4) is 0 Å². The van der Waals surface area contributed by atoms with Gasteiger partial charge in [-0.15, -0.1) is 0 Å². The Morgan fingerprint density at radius 3 is 2.58 bits per heavy atom. The Labute approximate surface area is 233 Å². The molecule has 12 heteroatoms. The van der Waals surface area contributed by atoms with Crippen LogP contribution < -0.4 is 20.7 Å². The largest absolute Gasteiger partial charge is 0.493 e. The Morgan fingerprint density at radius 1 is 1.18 bits per heavy atom. The second-order valence-electron chi connectivity index (χ2n) is 10.4. The summed E-state index contributed by atoms with van der Waals surface area (Å²) in [7, 11) is -4.02. The Bertz CT molecular complexity index is 1310. The number of fused-ring (bicyclic) bond motifs is 1. The topological polar surface area (TPSA) is 117 Å². The predicted octanol–water partition coefficient (Wildman–Crippen LogP) is 3.40. The van der Waals surface area contributed by atoms with Gasteiger partial charge in [0.15, 0.2) is 0 Å². The second kappa shape index (κ2) is 11.4. The average molecular weight is 584 g/mol. The smallest absolute Gasteiger partial charge is 0.243 e. The van der Waals surface area contributed by atoms with E-state index >= 15 is 0 Å². The maximum Gasteiger partial charge on any atom is 0.243 e. The van der Waals surface area contributed by atoms with Crippen molar-refractivity contribution >= 4 is 45.0 Å². The quantitative estimate of drug-likeness (QED) is 0.460. The van der Waals surface area contributed by atoms with Gasteiger partial charge in [0.1, 0.15) is 11.8 Å². The van der Waals surface area contributed by atoms with Crippen molar-refractivity contribution in [3.05, 3.63) is 57.6 Å². The summed E-state index contributed by atoms with van der Waals surface area (Å²) in [5.74, 6) is -0.329. The summed E-state index contributed by atoms with van der Waals surface area (Å²) in [6.07, 6.45) is 0.185. The Morgan fingerprint density at radius 2 is 1.89 bits per heavy atom. The van der Waals surface area contributed by atoms with Crippen molar-refractivity contribution in [2.24, 2.45) is 0 Å². The number of hydrogen-bond acceptors (Lipinski definition) is 6. The van der Waals surface area contributed by atoms with E-state index in [1.807, 2.05) is 6.07 Å². The predicted molar refractivity (Wildman–Crippen MR) is 146 cm³/mol. The van der Waals surface area contributed by atoms with E-state index in [0.717, 1.165) is 15.4 Å². The number of benzene rings is 2. The first-order valence-corrected chi connectivity index (χ1v) is 14.6. The van der Waals surface area contributed by atoms with Gasteiger partial charge in [-0.25, -0.2) is 8.42 Å². The number of sulfonamides is 1. The maximum atomic E-state index is 13.3. The van der Waals surface area contributed by atoms with Crippen molar-refractivity contribution in [2.45, 2.75) is 62.7 Å². The summed E-state index contributed by atoms with van der Waals surface area (Å²) >= 11 is 12.5. The second-order valence-corrected chi connectivity index (χ2v) is 13.2. The molecule has 2 atom stereocenters.